The Morgan fingerprint density at radius 3 is 2.73 bits per heavy atom. The van der Waals surface area contributed by atoms with E-state index in [1.54, 1.807) is 29.2 Å². The first kappa shape index (κ1) is 16.9. The van der Waals surface area contributed by atoms with E-state index in [2.05, 4.69) is 21.2 Å². The minimum atomic E-state index is -0.819. The van der Waals surface area contributed by atoms with Gasteiger partial charge in [-0.15, -0.1) is 0 Å². The molecule has 0 radical (unpaired) electrons. The summed E-state index contributed by atoms with van der Waals surface area (Å²) >= 11 is 3.47. The normalized spacial score (nSPS) is 23.6. The van der Waals surface area contributed by atoms with E-state index >= 15 is 0 Å². The SMILES string of the molecule is COC(=O)c1ccc(N2C(=O)N[C@@H]3C[C@@]2(C)Oc2ccc(Br)cc23)cc1. The number of urea groups is 1. The van der Waals surface area contributed by atoms with Gasteiger partial charge in [-0.2, -0.15) is 0 Å². The summed E-state index contributed by atoms with van der Waals surface area (Å²) in [5.41, 5.74) is 1.22. The maximum absolute atomic E-state index is 12.8. The summed E-state index contributed by atoms with van der Waals surface area (Å²) in [6, 6.07) is 12.2. The Bertz CT molecular complexity index is 899. The van der Waals surface area contributed by atoms with Gasteiger partial charge in [-0.25, -0.2) is 9.59 Å². The number of carbonyl (C=O) groups excluding carboxylic acids is 2. The predicted molar refractivity (Wildman–Crippen MR) is 99.3 cm³/mol. The van der Waals surface area contributed by atoms with Crippen molar-refractivity contribution < 1.29 is 19.1 Å². The molecule has 2 aliphatic rings. The van der Waals surface area contributed by atoms with Crippen LogP contribution in [0.25, 0.3) is 0 Å². The smallest absolute Gasteiger partial charge is 0.337 e. The first-order chi connectivity index (χ1) is 12.4. The third-order valence-corrected chi connectivity index (χ3v) is 5.27. The summed E-state index contributed by atoms with van der Waals surface area (Å²) in [6.45, 7) is 1.90. The highest BCUT2D eigenvalue weighted by Gasteiger charge is 2.49. The second kappa shape index (κ2) is 6.02. The van der Waals surface area contributed by atoms with Gasteiger partial charge >= 0.3 is 12.0 Å². The quantitative estimate of drug-likeness (QED) is 0.751. The van der Waals surface area contributed by atoms with Crippen molar-refractivity contribution in [1.82, 2.24) is 5.32 Å². The number of carbonyl (C=O) groups is 2. The van der Waals surface area contributed by atoms with Gasteiger partial charge in [0.2, 0.25) is 0 Å². The van der Waals surface area contributed by atoms with Crippen LogP contribution in [0.3, 0.4) is 0 Å². The van der Waals surface area contributed by atoms with Crippen molar-refractivity contribution >= 4 is 33.6 Å². The van der Waals surface area contributed by atoms with Gasteiger partial charge in [0.25, 0.3) is 0 Å². The molecule has 26 heavy (non-hydrogen) atoms. The van der Waals surface area contributed by atoms with Gasteiger partial charge in [0.15, 0.2) is 5.72 Å². The monoisotopic (exact) mass is 416 g/mol. The first-order valence-corrected chi connectivity index (χ1v) is 8.98. The molecule has 2 atom stereocenters. The average molecular weight is 417 g/mol. The lowest BCUT2D eigenvalue weighted by molar-refractivity contribution is 0.0378. The fourth-order valence-corrected chi connectivity index (χ4v) is 3.98. The molecule has 0 saturated carbocycles. The number of rotatable bonds is 2. The number of esters is 1. The number of anilines is 1. The lowest BCUT2D eigenvalue weighted by Crippen LogP contribution is -2.65. The van der Waals surface area contributed by atoms with Crippen LogP contribution in [0, 0.1) is 0 Å². The van der Waals surface area contributed by atoms with E-state index in [-0.39, 0.29) is 12.1 Å². The molecule has 0 spiro atoms. The molecule has 134 valence electrons. The molecule has 7 heteroatoms. The third kappa shape index (κ3) is 2.63. The van der Waals surface area contributed by atoms with E-state index in [1.165, 1.54) is 7.11 Å². The number of benzene rings is 2. The summed E-state index contributed by atoms with van der Waals surface area (Å²) in [6.07, 6.45) is 0.612. The maximum Gasteiger partial charge on any atom is 0.337 e. The topological polar surface area (TPSA) is 67.9 Å². The molecule has 2 aromatic rings. The number of ether oxygens (including phenoxy) is 2. The van der Waals surface area contributed by atoms with Gasteiger partial charge < -0.3 is 14.8 Å². The Hall–Kier alpha value is -2.54. The maximum atomic E-state index is 12.8. The van der Waals surface area contributed by atoms with E-state index in [4.69, 9.17) is 9.47 Å². The molecule has 2 aromatic carbocycles. The Morgan fingerprint density at radius 2 is 2.04 bits per heavy atom. The van der Waals surface area contributed by atoms with Crippen molar-refractivity contribution in [2.75, 3.05) is 12.0 Å². The number of halogens is 1. The molecule has 2 aliphatic heterocycles. The number of methoxy groups -OCH3 is 1. The number of fused-ring (bicyclic) bond motifs is 4. The lowest BCUT2D eigenvalue weighted by Gasteiger charge is -2.50. The summed E-state index contributed by atoms with van der Waals surface area (Å²) in [5.74, 6) is 0.336. The van der Waals surface area contributed by atoms with Crippen LogP contribution in [-0.2, 0) is 4.74 Å². The number of nitrogens with one attached hydrogen (secondary N) is 1. The van der Waals surface area contributed by atoms with Crippen LogP contribution in [0.5, 0.6) is 5.75 Å². The molecular weight excluding hydrogens is 400 g/mol. The average Bonchev–Trinajstić information content (AvgIpc) is 2.62. The van der Waals surface area contributed by atoms with Crippen LogP contribution in [-0.4, -0.2) is 24.8 Å². The zero-order valence-electron chi connectivity index (χ0n) is 14.3. The second-order valence-corrected chi connectivity index (χ2v) is 7.45. The van der Waals surface area contributed by atoms with Crippen LogP contribution in [0.4, 0.5) is 10.5 Å². The second-order valence-electron chi connectivity index (χ2n) is 6.54. The highest BCUT2D eigenvalue weighted by molar-refractivity contribution is 9.10. The van der Waals surface area contributed by atoms with Gasteiger partial charge in [-0.05, 0) is 49.4 Å². The molecule has 0 unspecified atom stereocenters. The minimum Gasteiger partial charge on any atom is -0.467 e. The minimum absolute atomic E-state index is 0.112. The van der Waals surface area contributed by atoms with Crippen molar-refractivity contribution in [3.05, 3.63) is 58.1 Å². The molecule has 1 fully saturated rings. The summed E-state index contributed by atoms with van der Waals surface area (Å²) in [5, 5.41) is 3.05. The van der Waals surface area contributed by atoms with Gasteiger partial charge in [0.05, 0.1) is 18.7 Å². The van der Waals surface area contributed by atoms with E-state index in [9.17, 15) is 9.59 Å². The Labute approximate surface area is 159 Å². The van der Waals surface area contributed by atoms with Crippen LogP contribution in [0.1, 0.15) is 35.3 Å². The van der Waals surface area contributed by atoms with Crippen molar-refractivity contribution in [1.29, 1.82) is 0 Å². The van der Waals surface area contributed by atoms with E-state index in [0.29, 0.717) is 17.7 Å². The summed E-state index contributed by atoms with van der Waals surface area (Å²) in [7, 11) is 1.33. The van der Waals surface area contributed by atoms with E-state index < -0.39 is 11.7 Å². The van der Waals surface area contributed by atoms with Gasteiger partial charge in [0.1, 0.15) is 5.75 Å². The Kier molecular flexibility index (Phi) is 3.91. The van der Waals surface area contributed by atoms with Gasteiger partial charge in [-0.1, -0.05) is 15.9 Å². The molecular formula is C19H17BrN2O4. The van der Waals surface area contributed by atoms with Crippen LogP contribution in [0.2, 0.25) is 0 Å². The fourth-order valence-electron chi connectivity index (χ4n) is 3.60. The molecule has 2 amide bonds. The van der Waals surface area contributed by atoms with E-state index in [1.807, 2.05) is 25.1 Å². The summed E-state index contributed by atoms with van der Waals surface area (Å²) < 4.78 is 11.9. The molecule has 0 aliphatic carbocycles. The number of hydrogen-bond acceptors (Lipinski definition) is 4. The Balaban J connectivity index is 1.71. The number of amides is 2. The molecule has 0 aromatic heterocycles. The molecule has 2 bridgehead atoms. The molecule has 1 N–H and O–H groups in total. The van der Waals surface area contributed by atoms with Crippen molar-refractivity contribution in [2.45, 2.75) is 25.1 Å². The molecule has 1 saturated heterocycles. The van der Waals surface area contributed by atoms with Crippen molar-refractivity contribution in [3.8, 4) is 5.75 Å². The highest BCUT2D eigenvalue weighted by atomic mass is 79.9. The predicted octanol–water partition coefficient (Wildman–Crippen LogP) is 4.01. The fraction of sp³-hybridized carbons (Fsp3) is 0.263. The first-order valence-electron chi connectivity index (χ1n) is 8.19. The highest BCUT2D eigenvalue weighted by Crippen LogP contribution is 2.46. The lowest BCUT2D eigenvalue weighted by atomic mass is 9.90. The largest absolute Gasteiger partial charge is 0.467 e. The van der Waals surface area contributed by atoms with Crippen LogP contribution in [0.15, 0.2) is 46.9 Å². The zero-order chi connectivity index (χ0) is 18.5. The molecule has 4 rings (SSSR count). The number of hydrogen-bond donors (Lipinski definition) is 1. The van der Waals surface area contributed by atoms with Gasteiger partial charge in [0, 0.05) is 22.1 Å². The number of nitrogens with zero attached hydrogens (tertiary/aromatic N) is 1. The molecule has 6 nitrogen and oxygen atoms in total. The van der Waals surface area contributed by atoms with Crippen molar-refractivity contribution in [2.24, 2.45) is 0 Å². The standard InChI is InChI=1S/C19H17BrN2O4/c1-19-10-15(14-9-12(20)5-8-16(14)26-19)21-18(24)22(19)13-6-3-11(4-7-13)17(23)25-2/h3-9,15H,10H2,1-2H3,(H,21,24)/t15-,19-/m1/s1. The third-order valence-electron chi connectivity index (χ3n) is 4.78. The zero-order valence-corrected chi connectivity index (χ0v) is 15.9. The Morgan fingerprint density at radius 1 is 1.31 bits per heavy atom. The van der Waals surface area contributed by atoms with Crippen molar-refractivity contribution in [3.63, 3.8) is 0 Å². The van der Waals surface area contributed by atoms with Gasteiger partial charge in [-0.3, -0.25) is 4.90 Å². The summed E-state index contributed by atoms with van der Waals surface area (Å²) in [4.78, 5) is 26.0. The van der Waals surface area contributed by atoms with Crippen LogP contribution < -0.4 is 15.0 Å². The molecule has 2 heterocycles. The van der Waals surface area contributed by atoms with Crippen LogP contribution >= 0.6 is 15.9 Å². The van der Waals surface area contributed by atoms with E-state index in [0.717, 1.165) is 15.8 Å².